The molecule has 4 heteroatoms. The van der Waals surface area contributed by atoms with E-state index >= 15 is 0 Å². The summed E-state index contributed by atoms with van der Waals surface area (Å²) in [6.07, 6.45) is 2.09. The molecule has 0 unspecified atom stereocenters. The first kappa shape index (κ1) is 26.9. The summed E-state index contributed by atoms with van der Waals surface area (Å²) in [7, 11) is 0. The molecule has 2 aromatic rings. The maximum Gasteiger partial charge on any atom is 0.241 e. The van der Waals surface area contributed by atoms with E-state index in [4.69, 9.17) is 0 Å². The van der Waals surface area contributed by atoms with Gasteiger partial charge in [0.2, 0.25) is 11.6 Å². The Hall–Kier alpha value is -2.20. The van der Waals surface area contributed by atoms with E-state index < -0.39 is 11.6 Å². The van der Waals surface area contributed by atoms with Crippen molar-refractivity contribution in [1.82, 2.24) is 0 Å². The standard InChI is InChI=1S/C32H39BrO3/c1-29(2,3)22-13-17(14-23(27(22)35)30(4,5)6)24-18-15-20-21(32(9,10)12-11-31(20,7)8)16-19(18)26(34)28(36)25(24)33/h13-16,35H,11-12H2,1-10H3. The fraction of sp³-hybridized carbons (Fsp3) is 0.500. The van der Waals surface area contributed by atoms with Gasteiger partial charge in [-0.15, -0.1) is 0 Å². The molecule has 0 aromatic heterocycles. The number of Topliss-reactive ketones (excluding diaryl/α,β-unsaturated/α-hetero) is 2. The third-order valence-corrected chi connectivity index (χ3v) is 8.90. The Balaban J connectivity index is 2.11. The predicted octanol–water partition coefficient (Wildman–Crippen LogP) is 8.26. The molecule has 0 aliphatic heterocycles. The lowest BCUT2D eigenvalue weighted by Gasteiger charge is -2.42. The SMILES string of the molecule is CC(C)(C)c1cc(C2=C(Br)C(=O)C(=O)c3cc4c(cc32)C(C)(C)CCC4(C)C)cc(C(C)(C)C)c1O. The number of fused-ring (bicyclic) bond motifs is 2. The van der Waals surface area contributed by atoms with Crippen LogP contribution in [0.5, 0.6) is 5.75 Å². The lowest BCUT2D eigenvalue weighted by Crippen LogP contribution is -2.35. The molecule has 2 aromatic carbocycles. The van der Waals surface area contributed by atoms with Gasteiger partial charge in [-0.05, 0) is 97.0 Å². The minimum atomic E-state index is -0.520. The second-order valence-corrected chi connectivity index (χ2v) is 14.8. The topological polar surface area (TPSA) is 54.4 Å². The second kappa shape index (κ2) is 8.15. The lowest BCUT2D eigenvalue weighted by atomic mass is 9.62. The summed E-state index contributed by atoms with van der Waals surface area (Å²) in [5.74, 6) is -0.691. The van der Waals surface area contributed by atoms with Gasteiger partial charge in [0.15, 0.2) is 0 Å². The van der Waals surface area contributed by atoms with Crippen molar-refractivity contribution in [2.75, 3.05) is 0 Å². The monoisotopic (exact) mass is 550 g/mol. The minimum Gasteiger partial charge on any atom is -0.507 e. The summed E-state index contributed by atoms with van der Waals surface area (Å²) in [6, 6.07) is 8.12. The van der Waals surface area contributed by atoms with Crippen LogP contribution in [0.2, 0.25) is 0 Å². The van der Waals surface area contributed by atoms with Gasteiger partial charge in [-0.3, -0.25) is 9.59 Å². The number of carbonyl (C=O) groups excluding carboxylic acids is 2. The molecule has 3 nitrogen and oxygen atoms in total. The number of phenolic OH excluding ortho intramolecular Hbond substituents is 1. The van der Waals surface area contributed by atoms with Crippen LogP contribution < -0.4 is 0 Å². The summed E-state index contributed by atoms with van der Waals surface area (Å²) < 4.78 is 0.290. The van der Waals surface area contributed by atoms with Crippen LogP contribution in [0.4, 0.5) is 0 Å². The Bertz CT molecular complexity index is 1310. The average Bonchev–Trinajstić information content (AvgIpc) is 2.74. The van der Waals surface area contributed by atoms with Crippen LogP contribution in [0, 0.1) is 0 Å². The summed E-state index contributed by atoms with van der Waals surface area (Å²) >= 11 is 3.53. The smallest absolute Gasteiger partial charge is 0.241 e. The van der Waals surface area contributed by atoms with Crippen LogP contribution in [-0.2, 0) is 26.5 Å². The predicted molar refractivity (Wildman–Crippen MR) is 152 cm³/mol. The molecule has 0 amide bonds. The number of carbonyl (C=O) groups is 2. The highest BCUT2D eigenvalue weighted by atomic mass is 79.9. The summed E-state index contributed by atoms with van der Waals surface area (Å²) in [5, 5.41) is 11.3. The number of ketones is 2. The highest BCUT2D eigenvalue weighted by Crippen LogP contribution is 2.50. The van der Waals surface area contributed by atoms with Crippen LogP contribution in [0.15, 0.2) is 28.7 Å². The van der Waals surface area contributed by atoms with E-state index in [1.54, 1.807) is 0 Å². The first-order valence-corrected chi connectivity index (χ1v) is 13.6. The molecule has 2 aliphatic carbocycles. The van der Waals surface area contributed by atoms with Gasteiger partial charge in [0.25, 0.3) is 0 Å². The molecule has 0 bridgehead atoms. The summed E-state index contributed by atoms with van der Waals surface area (Å²) in [6.45, 7) is 21.4. The van der Waals surface area contributed by atoms with Crippen molar-refractivity contribution in [1.29, 1.82) is 0 Å². The number of hydrogen-bond donors (Lipinski definition) is 1. The molecule has 0 heterocycles. The fourth-order valence-electron chi connectivity index (χ4n) is 5.67. The minimum absolute atomic E-state index is 0.0376. The van der Waals surface area contributed by atoms with Gasteiger partial charge in [-0.2, -0.15) is 0 Å². The average molecular weight is 552 g/mol. The Morgan fingerprint density at radius 3 is 1.56 bits per heavy atom. The van der Waals surface area contributed by atoms with Crippen molar-refractivity contribution >= 4 is 33.1 Å². The van der Waals surface area contributed by atoms with Gasteiger partial charge in [0.05, 0.1) is 4.48 Å². The van der Waals surface area contributed by atoms with Gasteiger partial charge in [0, 0.05) is 22.3 Å². The third kappa shape index (κ3) is 4.20. The van der Waals surface area contributed by atoms with Crippen molar-refractivity contribution < 1.29 is 14.7 Å². The quantitative estimate of drug-likeness (QED) is 0.363. The molecule has 0 fully saturated rings. The number of allylic oxidation sites excluding steroid dienone is 1. The van der Waals surface area contributed by atoms with Crippen LogP contribution in [0.1, 0.15) is 126 Å². The van der Waals surface area contributed by atoms with E-state index in [2.05, 4.69) is 91.2 Å². The third-order valence-electron chi connectivity index (χ3n) is 8.14. The molecule has 4 rings (SSSR count). The number of hydrogen-bond acceptors (Lipinski definition) is 3. The van der Waals surface area contributed by atoms with Crippen LogP contribution in [0.25, 0.3) is 5.57 Å². The van der Waals surface area contributed by atoms with Crippen molar-refractivity contribution in [2.24, 2.45) is 0 Å². The highest BCUT2D eigenvalue weighted by molar-refractivity contribution is 9.12. The first-order valence-electron chi connectivity index (χ1n) is 12.8. The van der Waals surface area contributed by atoms with Crippen LogP contribution in [0.3, 0.4) is 0 Å². The Kier molecular flexibility index (Phi) is 6.08. The van der Waals surface area contributed by atoms with Crippen LogP contribution >= 0.6 is 15.9 Å². The zero-order valence-corrected chi connectivity index (χ0v) is 25.0. The number of rotatable bonds is 1. The molecule has 0 spiro atoms. The van der Waals surface area contributed by atoms with E-state index in [1.807, 2.05) is 18.2 Å². The maximum absolute atomic E-state index is 13.3. The zero-order valence-electron chi connectivity index (χ0n) is 23.4. The largest absolute Gasteiger partial charge is 0.507 e. The second-order valence-electron chi connectivity index (χ2n) is 14.0. The summed E-state index contributed by atoms with van der Waals surface area (Å²) in [5.41, 5.74) is 6.15. The maximum atomic E-state index is 13.3. The Morgan fingerprint density at radius 2 is 1.14 bits per heavy atom. The van der Waals surface area contributed by atoms with Crippen molar-refractivity contribution in [3.05, 3.63) is 67.7 Å². The van der Waals surface area contributed by atoms with Gasteiger partial charge < -0.3 is 5.11 Å². The van der Waals surface area contributed by atoms with Crippen LogP contribution in [-0.4, -0.2) is 16.7 Å². The molecule has 192 valence electrons. The molecule has 0 saturated heterocycles. The highest BCUT2D eigenvalue weighted by Gasteiger charge is 2.41. The van der Waals surface area contributed by atoms with E-state index in [1.165, 1.54) is 5.56 Å². The molecule has 0 atom stereocenters. The zero-order chi connectivity index (χ0) is 27.2. The Labute approximate surface area is 224 Å². The van der Waals surface area contributed by atoms with Crippen molar-refractivity contribution in [2.45, 2.75) is 104 Å². The normalized spacial score (nSPS) is 19.3. The van der Waals surface area contributed by atoms with E-state index in [0.717, 1.165) is 46.2 Å². The fourth-order valence-corrected chi connectivity index (χ4v) is 6.29. The molecule has 2 aliphatic rings. The van der Waals surface area contributed by atoms with E-state index in [-0.39, 0.29) is 21.7 Å². The van der Waals surface area contributed by atoms with E-state index in [0.29, 0.717) is 15.8 Å². The number of benzene rings is 2. The molecular formula is C32H39BrO3. The van der Waals surface area contributed by atoms with Gasteiger partial charge in [-0.1, -0.05) is 69.2 Å². The molecule has 0 saturated carbocycles. The van der Waals surface area contributed by atoms with Crippen molar-refractivity contribution in [3.8, 4) is 5.75 Å². The number of aromatic hydroxyl groups is 1. The molecule has 0 radical (unpaired) electrons. The molecule has 36 heavy (non-hydrogen) atoms. The molecular weight excluding hydrogens is 512 g/mol. The molecule has 1 N–H and O–H groups in total. The summed E-state index contributed by atoms with van der Waals surface area (Å²) in [4.78, 5) is 26.6. The first-order chi connectivity index (χ1) is 16.3. The van der Waals surface area contributed by atoms with Gasteiger partial charge in [0.1, 0.15) is 5.75 Å². The number of phenols is 1. The van der Waals surface area contributed by atoms with E-state index in [9.17, 15) is 14.7 Å². The van der Waals surface area contributed by atoms with Gasteiger partial charge >= 0.3 is 0 Å². The Morgan fingerprint density at radius 1 is 0.722 bits per heavy atom. The number of halogens is 1. The van der Waals surface area contributed by atoms with Crippen molar-refractivity contribution in [3.63, 3.8) is 0 Å². The lowest BCUT2D eigenvalue weighted by molar-refractivity contribution is -0.111. The van der Waals surface area contributed by atoms with Gasteiger partial charge in [-0.25, -0.2) is 0 Å².